The standard InChI is InChI=1S/C16H17ClO4S2/c1-23(20,21)11-5-6-12(13(17)9-11)16(19)15-10(7-8-22)3-2-4-14(15)18/h5-6,9,22H,2-4,7-8H2,1H3. The van der Waals surface area contributed by atoms with E-state index in [0.29, 0.717) is 25.0 Å². The molecule has 0 unspecified atom stereocenters. The van der Waals surface area contributed by atoms with Crippen LogP contribution in [0.2, 0.25) is 5.02 Å². The average Bonchev–Trinajstić information content (AvgIpc) is 2.46. The molecule has 0 saturated heterocycles. The highest BCUT2D eigenvalue weighted by atomic mass is 35.5. The monoisotopic (exact) mass is 372 g/mol. The number of allylic oxidation sites excluding steroid dienone is 2. The summed E-state index contributed by atoms with van der Waals surface area (Å²) in [6.45, 7) is 0. The first kappa shape index (κ1) is 18.2. The van der Waals surface area contributed by atoms with Crippen LogP contribution in [0.3, 0.4) is 0 Å². The van der Waals surface area contributed by atoms with Crippen molar-refractivity contribution in [3.63, 3.8) is 0 Å². The lowest BCUT2D eigenvalue weighted by molar-refractivity contribution is -0.115. The van der Waals surface area contributed by atoms with E-state index in [1.165, 1.54) is 18.2 Å². The molecule has 0 fully saturated rings. The Hall–Kier alpha value is -1.11. The van der Waals surface area contributed by atoms with Crippen LogP contribution < -0.4 is 0 Å². The Labute approximate surface area is 146 Å². The fraction of sp³-hybridized carbons (Fsp3) is 0.375. The summed E-state index contributed by atoms with van der Waals surface area (Å²) in [6, 6.07) is 3.95. The molecule has 1 aromatic rings. The molecule has 4 nitrogen and oxygen atoms in total. The molecule has 23 heavy (non-hydrogen) atoms. The summed E-state index contributed by atoms with van der Waals surface area (Å²) in [5, 5.41) is 0.0361. The van der Waals surface area contributed by atoms with Crippen LogP contribution in [-0.2, 0) is 14.6 Å². The van der Waals surface area contributed by atoms with Crippen molar-refractivity contribution in [2.75, 3.05) is 12.0 Å². The Balaban J connectivity index is 2.49. The van der Waals surface area contributed by atoms with Crippen LogP contribution in [0.4, 0.5) is 0 Å². The molecule has 2 rings (SSSR count). The van der Waals surface area contributed by atoms with Gasteiger partial charge in [-0.3, -0.25) is 9.59 Å². The number of benzene rings is 1. The van der Waals surface area contributed by atoms with E-state index >= 15 is 0 Å². The molecular formula is C16H17ClO4S2. The van der Waals surface area contributed by atoms with Crippen molar-refractivity contribution < 1.29 is 18.0 Å². The predicted molar refractivity (Wildman–Crippen MR) is 93.2 cm³/mol. The van der Waals surface area contributed by atoms with E-state index in [-0.39, 0.29) is 26.8 Å². The molecule has 0 saturated carbocycles. The minimum atomic E-state index is -3.41. The third-order valence-corrected chi connectivity index (χ3v) is 5.42. The largest absolute Gasteiger partial charge is 0.294 e. The maximum absolute atomic E-state index is 12.7. The maximum Gasteiger partial charge on any atom is 0.198 e. The van der Waals surface area contributed by atoms with Crippen molar-refractivity contribution in [1.82, 2.24) is 0 Å². The Morgan fingerprint density at radius 3 is 2.57 bits per heavy atom. The van der Waals surface area contributed by atoms with Gasteiger partial charge >= 0.3 is 0 Å². The van der Waals surface area contributed by atoms with E-state index in [1.54, 1.807) is 0 Å². The number of rotatable bonds is 5. The van der Waals surface area contributed by atoms with Crippen molar-refractivity contribution >= 4 is 45.6 Å². The average molecular weight is 373 g/mol. The summed E-state index contributed by atoms with van der Waals surface area (Å²) in [5.41, 5.74) is 1.16. The highest BCUT2D eigenvalue weighted by Gasteiger charge is 2.28. The lowest BCUT2D eigenvalue weighted by atomic mass is 9.85. The van der Waals surface area contributed by atoms with E-state index in [2.05, 4.69) is 12.6 Å². The summed E-state index contributed by atoms with van der Waals surface area (Å²) in [5.74, 6) is -0.0574. The smallest absolute Gasteiger partial charge is 0.198 e. The second-order valence-corrected chi connectivity index (χ2v) is 8.34. The van der Waals surface area contributed by atoms with E-state index in [0.717, 1.165) is 18.2 Å². The van der Waals surface area contributed by atoms with E-state index < -0.39 is 15.6 Å². The summed E-state index contributed by atoms with van der Waals surface area (Å²) in [4.78, 5) is 25.0. The Kier molecular flexibility index (Phi) is 5.70. The van der Waals surface area contributed by atoms with Crippen LogP contribution in [0, 0.1) is 0 Å². The number of thiol groups is 1. The molecule has 1 aliphatic carbocycles. The number of hydrogen-bond donors (Lipinski definition) is 1. The fourth-order valence-electron chi connectivity index (χ4n) is 2.63. The van der Waals surface area contributed by atoms with Crippen molar-refractivity contribution in [3.05, 3.63) is 39.9 Å². The van der Waals surface area contributed by atoms with Gasteiger partial charge in [-0.15, -0.1) is 0 Å². The second kappa shape index (κ2) is 7.20. The van der Waals surface area contributed by atoms with Crippen LogP contribution in [-0.4, -0.2) is 32.0 Å². The number of carbonyl (C=O) groups is 2. The Morgan fingerprint density at radius 1 is 1.30 bits per heavy atom. The molecule has 7 heteroatoms. The summed E-state index contributed by atoms with van der Waals surface area (Å²) < 4.78 is 23.1. The Morgan fingerprint density at radius 2 is 2.00 bits per heavy atom. The quantitative estimate of drug-likeness (QED) is 0.489. The fourth-order valence-corrected chi connectivity index (χ4v) is 3.88. The highest BCUT2D eigenvalue weighted by molar-refractivity contribution is 7.90. The third-order valence-electron chi connectivity index (χ3n) is 3.77. The number of Topliss-reactive ketones (excluding diaryl/α,β-unsaturated/α-hetero) is 2. The van der Waals surface area contributed by atoms with Gasteiger partial charge in [-0.05, 0) is 43.2 Å². The van der Waals surface area contributed by atoms with Crippen LogP contribution in [0.1, 0.15) is 36.0 Å². The van der Waals surface area contributed by atoms with Crippen LogP contribution in [0.25, 0.3) is 0 Å². The van der Waals surface area contributed by atoms with Gasteiger partial charge in [0, 0.05) is 18.2 Å². The zero-order chi connectivity index (χ0) is 17.2. The van der Waals surface area contributed by atoms with Crippen LogP contribution in [0.15, 0.2) is 34.2 Å². The molecule has 124 valence electrons. The normalized spacial score (nSPS) is 15.9. The number of hydrogen-bond acceptors (Lipinski definition) is 5. The van der Waals surface area contributed by atoms with Crippen LogP contribution >= 0.6 is 24.2 Å². The Bertz CT molecular complexity index is 794. The predicted octanol–water partition coefficient (Wildman–Crippen LogP) is 3.30. The lowest BCUT2D eigenvalue weighted by Gasteiger charge is -2.18. The van der Waals surface area contributed by atoms with E-state index in [4.69, 9.17) is 11.6 Å². The molecule has 0 N–H and O–H groups in total. The van der Waals surface area contributed by atoms with Gasteiger partial charge in [-0.2, -0.15) is 12.6 Å². The third kappa shape index (κ3) is 4.05. The lowest BCUT2D eigenvalue weighted by Crippen LogP contribution is -2.20. The zero-order valence-corrected chi connectivity index (χ0v) is 15.1. The molecule has 0 radical (unpaired) electrons. The van der Waals surface area contributed by atoms with Gasteiger partial charge in [0.1, 0.15) is 0 Å². The van der Waals surface area contributed by atoms with Gasteiger partial charge in [0.05, 0.1) is 15.5 Å². The first-order chi connectivity index (χ1) is 10.8. The minimum absolute atomic E-state index is 0.0361. The zero-order valence-electron chi connectivity index (χ0n) is 12.6. The number of sulfone groups is 1. The van der Waals surface area contributed by atoms with Crippen LogP contribution in [0.5, 0.6) is 0 Å². The summed E-state index contributed by atoms with van der Waals surface area (Å²) in [7, 11) is -3.41. The first-order valence-corrected chi connectivity index (χ1v) is 10.1. The molecule has 1 aliphatic rings. The van der Waals surface area contributed by atoms with Gasteiger partial charge in [-0.1, -0.05) is 17.2 Å². The van der Waals surface area contributed by atoms with Gasteiger partial charge in [-0.25, -0.2) is 8.42 Å². The maximum atomic E-state index is 12.7. The molecule has 0 amide bonds. The van der Waals surface area contributed by atoms with E-state index in [9.17, 15) is 18.0 Å². The van der Waals surface area contributed by atoms with Gasteiger partial charge < -0.3 is 0 Å². The SMILES string of the molecule is CS(=O)(=O)c1ccc(C(=O)C2=C(CCS)CCCC2=O)c(Cl)c1. The molecular weight excluding hydrogens is 356 g/mol. The van der Waals surface area contributed by atoms with Gasteiger partial charge in [0.15, 0.2) is 21.4 Å². The molecule has 0 aromatic heterocycles. The van der Waals surface area contributed by atoms with Crippen molar-refractivity contribution in [1.29, 1.82) is 0 Å². The highest BCUT2D eigenvalue weighted by Crippen LogP contribution is 2.30. The topological polar surface area (TPSA) is 68.3 Å². The van der Waals surface area contributed by atoms with Gasteiger partial charge in [0.2, 0.25) is 0 Å². The number of carbonyl (C=O) groups excluding carboxylic acids is 2. The molecule has 0 aliphatic heterocycles. The summed E-state index contributed by atoms with van der Waals surface area (Å²) >= 11 is 10.3. The van der Waals surface area contributed by atoms with Crippen molar-refractivity contribution in [2.45, 2.75) is 30.6 Å². The van der Waals surface area contributed by atoms with E-state index in [1.807, 2.05) is 0 Å². The molecule has 0 atom stereocenters. The second-order valence-electron chi connectivity index (χ2n) is 5.47. The van der Waals surface area contributed by atoms with Crippen molar-refractivity contribution in [3.8, 4) is 0 Å². The molecule has 0 heterocycles. The van der Waals surface area contributed by atoms with Gasteiger partial charge in [0.25, 0.3) is 0 Å². The molecule has 0 spiro atoms. The number of ketones is 2. The first-order valence-electron chi connectivity index (χ1n) is 7.16. The molecule has 1 aromatic carbocycles. The minimum Gasteiger partial charge on any atom is -0.294 e. The van der Waals surface area contributed by atoms with Crippen molar-refractivity contribution in [2.24, 2.45) is 0 Å². The number of halogens is 1. The molecule has 0 bridgehead atoms. The summed E-state index contributed by atoms with van der Waals surface area (Å²) in [6.07, 6.45) is 3.43.